The molecule has 0 radical (unpaired) electrons. The molecule has 0 aromatic rings. The molecule has 2 nitrogen and oxygen atoms in total. The number of hydrogen-bond acceptors (Lipinski definition) is 2. The Morgan fingerprint density at radius 1 is 1.38 bits per heavy atom. The minimum Gasteiger partial charge on any atom is -0.460 e. The minimum absolute atomic E-state index is 0.201. The van der Waals surface area contributed by atoms with E-state index in [1.807, 2.05) is 20.8 Å². The Bertz CT molecular complexity index is 179. The topological polar surface area (TPSA) is 26.3 Å². The van der Waals surface area contributed by atoms with Gasteiger partial charge in [0, 0.05) is 6.42 Å². The standard InChI is InChI=1S/C9H19FO2Si/c1-9(2,3)12-8(11)6-7-13(4,5)10/h6-7H2,1-5H3. The molecular formula is C9H19FO2Si. The van der Waals surface area contributed by atoms with Gasteiger partial charge in [0.1, 0.15) is 5.60 Å². The van der Waals surface area contributed by atoms with Gasteiger partial charge in [-0.05, 0) is 39.9 Å². The van der Waals surface area contributed by atoms with Crippen molar-refractivity contribution in [2.45, 2.75) is 51.9 Å². The number of halogens is 1. The van der Waals surface area contributed by atoms with Gasteiger partial charge in [-0.1, -0.05) is 0 Å². The van der Waals surface area contributed by atoms with E-state index in [1.54, 1.807) is 13.1 Å². The van der Waals surface area contributed by atoms with E-state index >= 15 is 0 Å². The maximum absolute atomic E-state index is 13.1. The van der Waals surface area contributed by atoms with Gasteiger partial charge in [-0.25, -0.2) is 0 Å². The van der Waals surface area contributed by atoms with E-state index < -0.39 is 14.0 Å². The highest BCUT2D eigenvalue weighted by atomic mass is 28.4. The third kappa shape index (κ3) is 9.53. The molecule has 0 spiro atoms. The van der Waals surface area contributed by atoms with E-state index in [0.29, 0.717) is 6.04 Å². The minimum atomic E-state index is -2.60. The van der Waals surface area contributed by atoms with Crippen molar-refractivity contribution in [1.29, 1.82) is 0 Å². The van der Waals surface area contributed by atoms with Crippen LogP contribution in [0.15, 0.2) is 0 Å². The zero-order valence-electron chi connectivity index (χ0n) is 9.11. The molecule has 0 unspecified atom stereocenters. The number of esters is 1. The lowest BCUT2D eigenvalue weighted by Crippen LogP contribution is -2.26. The second-order valence-corrected chi connectivity index (χ2v) is 8.74. The van der Waals surface area contributed by atoms with E-state index in [0.717, 1.165) is 0 Å². The van der Waals surface area contributed by atoms with Gasteiger partial charge in [-0.2, -0.15) is 0 Å². The lowest BCUT2D eigenvalue weighted by Gasteiger charge is -2.20. The molecule has 0 heterocycles. The Kier molecular flexibility index (Phi) is 4.09. The van der Waals surface area contributed by atoms with Gasteiger partial charge in [0.25, 0.3) is 0 Å². The van der Waals surface area contributed by atoms with Gasteiger partial charge in [0.2, 0.25) is 8.41 Å². The summed E-state index contributed by atoms with van der Waals surface area (Å²) in [7, 11) is -2.60. The zero-order chi connectivity index (χ0) is 10.7. The fourth-order valence-corrected chi connectivity index (χ4v) is 1.59. The van der Waals surface area contributed by atoms with Crippen LogP contribution in [0.5, 0.6) is 0 Å². The summed E-state index contributed by atoms with van der Waals surface area (Å²) in [5.74, 6) is -0.300. The summed E-state index contributed by atoms with van der Waals surface area (Å²) in [6.07, 6.45) is 0.201. The molecule has 0 amide bonds. The second-order valence-electron chi connectivity index (χ2n) is 4.81. The van der Waals surface area contributed by atoms with Crippen molar-refractivity contribution < 1.29 is 13.6 Å². The van der Waals surface area contributed by atoms with Gasteiger partial charge in [-0.3, -0.25) is 4.79 Å². The number of hydrogen-bond donors (Lipinski definition) is 0. The summed E-state index contributed by atoms with van der Waals surface area (Å²) in [6, 6.07) is 0.349. The largest absolute Gasteiger partial charge is 0.460 e. The van der Waals surface area contributed by atoms with Gasteiger partial charge in [-0.15, -0.1) is 0 Å². The van der Waals surface area contributed by atoms with Crippen molar-refractivity contribution in [3.63, 3.8) is 0 Å². The average molecular weight is 206 g/mol. The molecular weight excluding hydrogens is 187 g/mol. The van der Waals surface area contributed by atoms with Crippen LogP contribution < -0.4 is 0 Å². The van der Waals surface area contributed by atoms with Crippen LogP contribution in [-0.4, -0.2) is 20.0 Å². The number of ether oxygens (including phenoxy) is 1. The van der Waals surface area contributed by atoms with E-state index in [9.17, 15) is 8.90 Å². The third-order valence-electron chi connectivity index (χ3n) is 1.34. The first-order chi connectivity index (χ1) is 5.60. The normalized spacial score (nSPS) is 12.8. The maximum Gasteiger partial charge on any atom is 0.306 e. The van der Waals surface area contributed by atoms with Crippen molar-refractivity contribution >= 4 is 14.4 Å². The van der Waals surface area contributed by atoms with Crippen molar-refractivity contribution in [2.24, 2.45) is 0 Å². The first kappa shape index (κ1) is 12.6. The highest BCUT2D eigenvalue weighted by molar-refractivity contribution is 6.70. The van der Waals surface area contributed by atoms with E-state index in [-0.39, 0.29) is 12.4 Å². The predicted octanol–water partition coefficient (Wildman–Crippen LogP) is 2.89. The summed E-state index contributed by atoms with van der Waals surface area (Å²) in [5, 5.41) is 0. The van der Waals surface area contributed by atoms with E-state index in [2.05, 4.69) is 0 Å². The molecule has 0 aliphatic carbocycles. The molecule has 0 bridgehead atoms. The molecule has 0 aliphatic rings. The first-order valence-electron chi connectivity index (χ1n) is 4.51. The van der Waals surface area contributed by atoms with Crippen LogP contribution in [0, 0.1) is 0 Å². The summed E-state index contributed by atoms with van der Waals surface area (Å²) >= 11 is 0. The molecule has 0 N–H and O–H groups in total. The first-order valence-corrected chi connectivity index (χ1v) is 7.59. The molecule has 0 aromatic heterocycles. The monoisotopic (exact) mass is 206 g/mol. The van der Waals surface area contributed by atoms with Crippen molar-refractivity contribution in [2.75, 3.05) is 0 Å². The molecule has 0 atom stereocenters. The van der Waals surface area contributed by atoms with Crippen molar-refractivity contribution in [3.8, 4) is 0 Å². The van der Waals surface area contributed by atoms with Crippen LogP contribution in [0.4, 0.5) is 4.11 Å². The van der Waals surface area contributed by atoms with Crippen LogP contribution in [0.3, 0.4) is 0 Å². The van der Waals surface area contributed by atoms with Crippen molar-refractivity contribution in [3.05, 3.63) is 0 Å². The number of rotatable bonds is 3. The Morgan fingerprint density at radius 3 is 2.15 bits per heavy atom. The second kappa shape index (κ2) is 4.22. The molecule has 0 fully saturated rings. The Labute approximate surface area is 80.7 Å². The highest BCUT2D eigenvalue weighted by Gasteiger charge is 2.23. The molecule has 0 aromatic carbocycles. The van der Waals surface area contributed by atoms with Gasteiger partial charge < -0.3 is 8.84 Å². The molecule has 0 saturated carbocycles. The summed E-state index contributed by atoms with van der Waals surface area (Å²) in [4.78, 5) is 11.1. The lowest BCUT2D eigenvalue weighted by atomic mass is 10.2. The average Bonchev–Trinajstić information content (AvgIpc) is 1.78. The molecule has 13 heavy (non-hydrogen) atoms. The lowest BCUT2D eigenvalue weighted by molar-refractivity contribution is -0.154. The van der Waals surface area contributed by atoms with Crippen LogP contribution >= 0.6 is 0 Å². The maximum atomic E-state index is 13.1. The SMILES string of the molecule is CC(C)(C)OC(=O)CC[Si](C)(C)F. The van der Waals surface area contributed by atoms with Gasteiger partial charge in [0.05, 0.1) is 0 Å². The third-order valence-corrected chi connectivity index (χ3v) is 2.78. The fraction of sp³-hybridized carbons (Fsp3) is 0.889. The van der Waals surface area contributed by atoms with E-state index in [1.165, 1.54) is 0 Å². The molecule has 0 aliphatic heterocycles. The Hall–Kier alpha value is -0.383. The Balaban J connectivity index is 3.78. The van der Waals surface area contributed by atoms with Crippen LogP contribution in [-0.2, 0) is 9.53 Å². The van der Waals surface area contributed by atoms with Crippen LogP contribution in [0.2, 0.25) is 19.1 Å². The summed E-state index contributed by atoms with van der Waals surface area (Å²) in [5.41, 5.74) is -0.459. The highest BCUT2D eigenvalue weighted by Crippen LogP contribution is 2.15. The molecule has 78 valence electrons. The van der Waals surface area contributed by atoms with Gasteiger partial charge >= 0.3 is 5.97 Å². The molecule has 4 heteroatoms. The smallest absolute Gasteiger partial charge is 0.306 e. The predicted molar refractivity (Wildman–Crippen MR) is 53.9 cm³/mol. The van der Waals surface area contributed by atoms with Crippen LogP contribution in [0.1, 0.15) is 27.2 Å². The zero-order valence-corrected chi connectivity index (χ0v) is 10.1. The molecule has 0 rings (SSSR count). The quantitative estimate of drug-likeness (QED) is 0.403. The number of carbonyl (C=O) groups excluding carboxylic acids is 1. The van der Waals surface area contributed by atoms with Crippen molar-refractivity contribution in [1.82, 2.24) is 0 Å². The van der Waals surface area contributed by atoms with E-state index in [4.69, 9.17) is 4.74 Å². The molecule has 0 saturated heterocycles. The summed E-state index contributed by atoms with van der Waals surface area (Å²) in [6.45, 7) is 8.61. The summed E-state index contributed by atoms with van der Waals surface area (Å²) < 4.78 is 18.2. The fourth-order valence-electron chi connectivity index (χ4n) is 0.792. The number of carbonyl (C=O) groups is 1. The van der Waals surface area contributed by atoms with Gasteiger partial charge in [0.15, 0.2) is 0 Å². The van der Waals surface area contributed by atoms with Crippen LogP contribution in [0.25, 0.3) is 0 Å². The Morgan fingerprint density at radius 2 is 1.85 bits per heavy atom.